The lowest BCUT2D eigenvalue weighted by molar-refractivity contribution is 0.208. The van der Waals surface area contributed by atoms with Gasteiger partial charge in [0.15, 0.2) is 0 Å². The van der Waals surface area contributed by atoms with Crippen molar-refractivity contribution in [3.05, 3.63) is 47.0 Å². The number of ether oxygens (including phenoxy) is 1. The van der Waals surface area contributed by atoms with E-state index < -0.39 is 0 Å². The Bertz CT molecular complexity index is 853. The molecule has 1 atom stereocenters. The van der Waals surface area contributed by atoms with E-state index in [0.717, 1.165) is 34.7 Å². The Morgan fingerprint density at radius 3 is 2.90 bits per heavy atom. The molecule has 0 bridgehead atoms. The van der Waals surface area contributed by atoms with Gasteiger partial charge in [0.25, 0.3) is 0 Å². The number of fused-ring (bicyclic) bond motifs is 5. The van der Waals surface area contributed by atoms with Gasteiger partial charge in [-0.1, -0.05) is 29.8 Å². The zero-order valence-electron chi connectivity index (χ0n) is 11.9. The van der Waals surface area contributed by atoms with Crippen molar-refractivity contribution >= 4 is 22.6 Å². The highest BCUT2D eigenvalue weighted by molar-refractivity contribution is 6.32. The fraction of sp³-hybridized carbons (Fsp3) is 0.235. The number of rotatable bonds is 0. The predicted molar refractivity (Wildman–Crippen MR) is 85.0 cm³/mol. The summed E-state index contributed by atoms with van der Waals surface area (Å²) in [7, 11) is 0. The maximum Gasteiger partial charge on any atom is 0.149 e. The van der Waals surface area contributed by atoms with Gasteiger partial charge in [0.05, 0.1) is 28.2 Å². The fourth-order valence-electron chi connectivity index (χ4n) is 2.98. The minimum atomic E-state index is 0.0443. The number of aryl methyl sites for hydroxylation is 1. The minimum absolute atomic E-state index is 0.0443. The lowest BCUT2D eigenvalue weighted by Gasteiger charge is -2.14. The van der Waals surface area contributed by atoms with E-state index in [2.05, 4.69) is 36.6 Å². The molecular formula is C17H15ClN2O. The van der Waals surface area contributed by atoms with Crippen LogP contribution in [0.1, 0.15) is 12.5 Å². The Hall–Kier alpha value is -2.00. The molecule has 0 N–H and O–H groups in total. The van der Waals surface area contributed by atoms with Gasteiger partial charge >= 0.3 is 0 Å². The summed E-state index contributed by atoms with van der Waals surface area (Å²) in [5, 5.41) is 0.636. The third-order valence-corrected chi connectivity index (χ3v) is 4.24. The van der Waals surface area contributed by atoms with Crippen molar-refractivity contribution in [3.8, 4) is 17.1 Å². The summed E-state index contributed by atoms with van der Waals surface area (Å²) in [5.74, 6) is 1.67. The van der Waals surface area contributed by atoms with Crippen molar-refractivity contribution in [1.29, 1.82) is 0 Å². The second-order valence-electron chi connectivity index (χ2n) is 5.53. The van der Waals surface area contributed by atoms with Crippen molar-refractivity contribution in [3.63, 3.8) is 0 Å². The first-order valence-electron chi connectivity index (χ1n) is 7.06. The average Bonchev–Trinajstić information content (AvgIpc) is 2.74. The number of benzene rings is 2. The van der Waals surface area contributed by atoms with Crippen LogP contribution in [0.5, 0.6) is 5.75 Å². The van der Waals surface area contributed by atoms with Gasteiger partial charge in [-0.2, -0.15) is 0 Å². The van der Waals surface area contributed by atoms with Crippen LogP contribution in [0.4, 0.5) is 0 Å². The van der Waals surface area contributed by atoms with Crippen molar-refractivity contribution in [1.82, 2.24) is 9.55 Å². The molecule has 0 aliphatic carbocycles. The van der Waals surface area contributed by atoms with E-state index in [4.69, 9.17) is 21.3 Å². The molecule has 0 saturated heterocycles. The largest absolute Gasteiger partial charge is 0.487 e. The molecule has 1 aliphatic heterocycles. The Labute approximate surface area is 128 Å². The Morgan fingerprint density at radius 2 is 2.05 bits per heavy atom. The number of imidazole rings is 1. The molecule has 0 amide bonds. The lowest BCUT2D eigenvalue weighted by atomic mass is 10.2. The van der Waals surface area contributed by atoms with Gasteiger partial charge < -0.3 is 9.30 Å². The topological polar surface area (TPSA) is 27.1 Å². The van der Waals surface area contributed by atoms with E-state index in [-0.39, 0.29) is 6.10 Å². The van der Waals surface area contributed by atoms with Gasteiger partial charge in [0, 0.05) is 0 Å². The normalized spacial score (nSPS) is 17.0. The molecule has 1 aliphatic rings. The summed E-state index contributed by atoms with van der Waals surface area (Å²) in [4.78, 5) is 4.85. The van der Waals surface area contributed by atoms with Crippen LogP contribution < -0.4 is 4.74 Å². The average molecular weight is 299 g/mol. The summed E-state index contributed by atoms with van der Waals surface area (Å²) in [6, 6.07) is 12.1. The van der Waals surface area contributed by atoms with E-state index in [0.29, 0.717) is 5.02 Å². The van der Waals surface area contributed by atoms with Crippen LogP contribution >= 0.6 is 11.6 Å². The predicted octanol–water partition coefficient (Wildman–Crippen LogP) is 4.45. The molecular weight excluding hydrogens is 284 g/mol. The monoisotopic (exact) mass is 298 g/mol. The van der Waals surface area contributed by atoms with Crippen LogP contribution in [0.2, 0.25) is 5.02 Å². The molecule has 1 aromatic heterocycles. The lowest BCUT2D eigenvalue weighted by Crippen LogP contribution is -2.17. The third-order valence-electron chi connectivity index (χ3n) is 3.95. The Balaban J connectivity index is 2.11. The van der Waals surface area contributed by atoms with Crippen LogP contribution in [0.25, 0.3) is 22.4 Å². The second kappa shape index (κ2) is 4.50. The first-order chi connectivity index (χ1) is 10.1. The van der Waals surface area contributed by atoms with Gasteiger partial charge in [0.1, 0.15) is 17.7 Å². The highest BCUT2D eigenvalue weighted by atomic mass is 35.5. The number of nitrogens with zero attached hydrogens (tertiary/aromatic N) is 2. The van der Waals surface area contributed by atoms with Crippen molar-refractivity contribution < 1.29 is 4.74 Å². The fourth-order valence-corrected chi connectivity index (χ4v) is 3.20. The summed E-state index contributed by atoms with van der Waals surface area (Å²) in [5.41, 5.74) is 4.34. The quantitative estimate of drug-likeness (QED) is 0.613. The molecule has 3 aromatic rings. The van der Waals surface area contributed by atoms with Crippen molar-refractivity contribution in [2.24, 2.45) is 0 Å². The van der Waals surface area contributed by atoms with Gasteiger partial charge in [0.2, 0.25) is 0 Å². The molecule has 106 valence electrons. The third kappa shape index (κ3) is 1.84. The summed E-state index contributed by atoms with van der Waals surface area (Å²) in [6.45, 7) is 4.91. The zero-order chi connectivity index (χ0) is 14.6. The molecule has 0 saturated carbocycles. The van der Waals surface area contributed by atoms with E-state index in [1.54, 1.807) is 0 Å². The molecule has 4 heteroatoms. The van der Waals surface area contributed by atoms with E-state index in [9.17, 15) is 0 Å². The van der Waals surface area contributed by atoms with Crippen LogP contribution in [-0.2, 0) is 6.54 Å². The number of halogens is 1. The molecule has 0 fully saturated rings. The number of hydrogen-bond acceptors (Lipinski definition) is 2. The highest BCUT2D eigenvalue weighted by Crippen LogP contribution is 2.40. The van der Waals surface area contributed by atoms with E-state index in [1.807, 2.05) is 18.2 Å². The van der Waals surface area contributed by atoms with E-state index in [1.165, 1.54) is 5.56 Å². The molecule has 0 radical (unpaired) electrons. The number of para-hydroxylation sites is 2. The van der Waals surface area contributed by atoms with Crippen molar-refractivity contribution in [2.75, 3.05) is 0 Å². The van der Waals surface area contributed by atoms with Crippen LogP contribution in [0, 0.1) is 6.92 Å². The maximum absolute atomic E-state index is 6.31. The molecule has 1 unspecified atom stereocenters. The molecule has 3 nitrogen and oxygen atoms in total. The standard InChI is InChI=1S/C17H15ClN2O/c1-10-5-3-8-14-15(10)19-17-12-6-4-7-13(18)16(12)21-11(2)9-20(14)17/h3-8,11H,9H2,1-2H3. The van der Waals surface area contributed by atoms with Crippen LogP contribution in [-0.4, -0.2) is 15.7 Å². The van der Waals surface area contributed by atoms with Gasteiger partial charge in [-0.05, 0) is 37.6 Å². The highest BCUT2D eigenvalue weighted by Gasteiger charge is 2.24. The second-order valence-corrected chi connectivity index (χ2v) is 5.94. The molecule has 2 heterocycles. The molecule has 0 spiro atoms. The first kappa shape index (κ1) is 12.7. The van der Waals surface area contributed by atoms with Gasteiger partial charge in [-0.15, -0.1) is 0 Å². The van der Waals surface area contributed by atoms with Crippen LogP contribution in [0.15, 0.2) is 36.4 Å². The molecule has 4 rings (SSSR count). The first-order valence-corrected chi connectivity index (χ1v) is 7.44. The molecule has 2 aromatic carbocycles. The van der Waals surface area contributed by atoms with Gasteiger partial charge in [-0.25, -0.2) is 4.98 Å². The summed E-state index contributed by atoms with van der Waals surface area (Å²) in [6.07, 6.45) is 0.0443. The zero-order valence-corrected chi connectivity index (χ0v) is 12.7. The molecule has 21 heavy (non-hydrogen) atoms. The summed E-state index contributed by atoms with van der Waals surface area (Å²) >= 11 is 6.31. The van der Waals surface area contributed by atoms with Crippen LogP contribution in [0.3, 0.4) is 0 Å². The van der Waals surface area contributed by atoms with Crippen molar-refractivity contribution in [2.45, 2.75) is 26.5 Å². The minimum Gasteiger partial charge on any atom is -0.487 e. The smallest absolute Gasteiger partial charge is 0.149 e. The number of aromatic nitrogens is 2. The number of hydrogen-bond donors (Lipinski definition) is 0. The van der Waals surface area contributed by atoms with Gasteiger partial charge in [-0.3, -0.25) is 0 Å². The Kier molecular flexibility index (Phi) is 2.73. The summed E-state index contributed by atoms with van der Waals surface area (Å²) < 4.78 is 8.25. The Morgan fingerprint density at radius 1 is 1.24 bits per heavy atom. The van der Waals surface area contributed by atoms with E-state index >= 15 is 0 Å². The SMILES string of the molecule is Cc1cccc2c1nc1n2CC(C)Oc2c(Cl)cccc2-1. The maximum atomic E-state index is 6.31.